The Bertz CT molecular complexity index is 1170. The van der Waals surface area contributed by atoms with E-state index in [0.717, 1.165) is 24.7 Å². The fraction of sp³-hybridized carbons (Fsp3) is 0.273. The van der Waals surface area contributed by atoms with Crippen LogP contribution < -0.4 is 10.3 Å². The lowest BCUT2D eigenvalue weighted by Gasteiger charge is -2.34. The molecular formula is C22H21ClFN3O3. The van der Waals surface area contributed by atoms with Gasteiger partial charge in [0.2, 0.25) is 5.43 Å². The van der Waals surface area contributed by atoms with Crippen LogP contribution in [-0.2, 0) is 6.54 Å². The van der Waals surface area contributed by atoms with Gasteiger partial charge in [0.15, 0.2) is 0 Å². The summed E-state index contributed by atoms with van der Waals surface area (Å²) in [5.41, 5.74) is 0.723. The first-order chi connectivity index (χ1) is 14.3. The second kappa shape index (κ2) is 8.08. The van der Waals surface area contributed by atoms with Crippen molar-refractivity contribution in [2.45, 2.75) is 6.54 Å². The number of hydrogen-bond acceptors (Lipinski definition) is 4. The van der Waals surface area contributed by atoms with Gasteiger partial charge in [-0.1, -0.05) is 23.7 Å². The number of fused-ring (bicyclic) bond motifs is 1. The van der Waals surface area contributed by atoms with Crippen LogP contribution in [-0.4, -0.2) is 53.8 Å². The van der Waals surface area contributed by atoms with Crippen LogP contribution in [0.15, 0.2) is 47.4 Å². The van der Waals surface area contributed by atoms with Crippen molar-refractivity contribution in [2.75, 3.05) is 38.1 Å². The summed E-state index contributed by atoms with van der Waals surface area (Å²) < 4.78 is 16.6. The molecule has 1 aliphatic heterocycles. The lowest BCUT2D eigenvalue weighted by Crippen LogP contribution is -2.44. The maximum absolute atomic E-state index is 15.0. The second-order valence-corrected chi connectivity index (χ2v) is 7.98. The van der Waals surface area contributed by atoms with Crippen LogP contribution in [0.3, 0.4) is 0 Å². The molecule has 2 heterocycles. The summed E-state index contributed by atoms with van der Waals surface area (Å²) in [4.78, 5) is 28.4. The predicted octanol–water partition coefficient (Wildman–Crippen LogP) is 3.29. The summed E-state index contributed by atoms with van der Waals surface area (Å²) in [5, 5.41) is 10.1. The number of piperazine rings is 1. The molecule has 0 amide bonds. The third-order valence-electron chi connectivity index (χ3n) is 5.49. The minimum absolute atomic E-state index is 0.0549. The molecule has 8 heteroatoms. The van der Waals surface area contributed by atoms with Gasteiger partial charge in [-0.15, -0.1) is 0 Å². The number of benzene rings is 2. The number of pyridine rings is 1. The van der Waals surface area contributed by atoms with Gasteiger partial charge >= 0.3 is 5.97 Å². The normalized spacial score (nSPS) is 15.0. The van der Waals surface area contributed by atoms with E-state index < -0.39 is 17.2 Å². The number of likely N-dealkylation sites (N-methyl/N-ethyl adjacent to an activating group) is 1. The number of aromatic nitrogens is 1. The zero-order chi connectivity index (χ0) is 21.4. The number of anilines is 1. The van der Waals surface area contributed by atoms with E-state index in [2.05, 4.69) is 4.90 Å². The molecule has 0 atom stereocenters. The van der Waals surface area contributed by atoms with Crippen molar-refractivity contribution < 1.29 is 14.3 Å². The lowest BCUT2D eigenvalue weighted by molar-refractivity contribution is 0.0695. The van der Waals surface area contributed by atoms with Gasteiger partial charge in [-0.2, -0.15) is 0 Å². The Kier molecular flexibility index (Phi) is 5.49. The maximum Gasteiger partial charge on any atom is 0.341 e. The number of carbonyl (C=O) groups is 1. The number of hydrogen-bond donors (Lipinski definition) is 1. The average molecular weight is 430 g/mol. The highest BCUT2D eigenvalue weighted by atomic mass is 35.5. The lowest BCUT2D eigenvalue weighted by atomic mass is 10.1. The van der Waals surface area contributed by atoms with Crippen LogP contribution in [0, 0.1) is 5.82 Å². The molecule has 4 rings (SSSR count). The monoisotopic (exact) mass is 429 g/mol. The predicted molar refractivity (Wildman–Crippen MR) is 115 cm³/mol. The highest BCUT2D eigenvalue weighted by Crippen LogP contribution is 2.27. The van der Waals surface area contributed by atoms with E-state index in [1.165, 1.54) is 6.20 Å². The van der Waals surface area contributed by atoms with Crippen LogP contribution in [0.4, 0.5) is 10.1 Å². The maximum atomic E-state index is 15.0. The number of carboxylic acid groups (broad SMARTS) is 1. The van der Waals surface area contributed by atoms with Crippen molar-refractivity contribution in [3.63, 3.8) is 0 Å². The molecule has 2 aromatic carbocycles. The molecule has 0 radical (unpaired) electrons. The van der Waals surface area contributed by atoms with Crippen molar-refractivity contribution in [1.82, 2.24) is 9.47 Å². The number of nitrogens with zero attached hydrogens (tertiary/aromatic N) is 3. The quantitative estimate of drug-likeness (QED) is 0.689. The van der Waals surface area contributed by atoms with Crippen molar-refractivity contribution in [3.05, 3.63) is 74.8 Å². The highest BCUT2D eigenvalue weighted by molar-refractivity contribution is 6.30. The van der Waals surface area contributed by atoms with Crippen LogP contribution in [0.25, 0.3) is 10.9 Å². The standard InChI is InChI=1S/C22H21ClFN3O3/c1-25-6-8-26(9-7-25)20-11-19-16(10-18(20)24)21(28)17(22(29)30)13-27(19)12-14-2-4-15(23)5-3-14/h2-5,10-11,13H,6-9,12H2,1H3,(H,29,30). The Morgan fingerprint density at radius 2 is 1.80 bits per heavy atom. The smallest absolute Gasteiger partial charge is 0.341 e. The summed E-state index contributed by atoms with van der Waals surface area (Å²) in [6.07, 6.45) is 1.33. The molecular weight excluding hydrogens is 409 g/mol. The SMILES string of the molecule is CN1CCN(c2cc3c(cc2F)c(=O)c(C(=O)O)cn3Cc2ccc(Cl)cc2)CC1. The van der Waals surface area contributed by atoms with Gasteiger partial charge in [0.25, 0.3) is 0 Å². The van der Waals surface area contributed by atoms with Gasteiger partial charge in [0, 0.05) is 49.3 Å². The summed E-state index contributed by atoms with van der Waals surface area (Å²) in [7, 11) is 2.02. The Morgan fingerprint density at radius 3 is 2.43 bits per heavy atom. The van der Waals surface area contributed by atoms with Crippen molar-refractivity contribution >= 4 is 34.2 Å². The Balaban J connectivity index is 1.87. The first-order valence-corrected chi connectivity index (χ1v) is 9.99. The molecule has 6 nitrogen and oxygen atoms in total. The van der Waals surface area contributed by atoms with E-state index in [0.29, 0.717) is 35.9 Å². The molecule has 0 unspecified atom stereocenters. The first kappa shape index (κ1) is 20.4. The first-order valence-electron chi connectivity index (χ1n) is 9.61. The van der Waals surface area contributed by atoms with E-state index >= 15 is 0 Å². The van der Waals surface area contributed by atoms with Gasteiger partial charge in [-0.05, 0) is 36.9 Å². The second-order valence-electron chi connectivity index (χ2n) is 7.54. The van der Waals surface area contributed by atoms with Crippen LogP contribution in [0.1, 0.15) is 15.9 Å². The largest absolute Gasteiger partial charge is 0.477 e. The summed E-state index contributed by atoms with van der Waals surface area (Å²) in [6, 6.07) is 9.97. The van der Waals surface area contributed by atoms with E-state index in [-0.39, 0.29) is 10.9 Å². The molecule has 3 aromatic rings. The van der Waals surface area contributed by atoms with Crippen LogP contribution >= 0.6 is 11.6 Å². The topological polar surface area (TPSA) is 65.8 Å². The molecule has 1 fully saturated rings. The van der Waals surface area contributed by atoms with E-state index in [1.807, 2.05) is 24.1 Å². The third kappa shape index (κ3) is 3.91. The number of halogens is 2. The molecule has 1 N–H and O–H groups in total. The minimum atomic E-state index is -1.34. The Labute approximate surface area is 177 Å². The highest BCUT2D eigenvalue weighted by Gasteiger charge is 2.21. The van der Waals surface area contributed by atoms with Gasteiger partial charge in [-0.25, -0.2) is 9.18 Å². The van der Waals surface area contributed by atoms with E-state index in [4.69, 9.17) is 11.6 Å². The molecule has 0 aliphatic carbocycles. The summed E-state index contributed by atoms with van der Waals surface area (Å²) in [6.45, 7) is 3.29. The Morgan fingerprint density at radius 1 is 1.13 bits per heavy atom. The van der Waals surface area contributed by atoms with Crippen LogP contribution in [0.5, 0.6) is 0 Å². The third-order valence-corrected chi connectivity index (χ3v) is 5.74. The molecule has 0 spiro atoms. The van der Waals surface area contributed by atoms with E-state index in [1.54, 1.807) is 22.8 Å². The minimum Gasteiger partial charge on any atom is -0.477 e. The van der Waals surface area contributed by atoms with Gasteiger partial charge in [0.1, 0.15) is 11.4 Å². The van der Waals surface area contributed by atoms with Gasteiger partial charge < -0.3 is 19.5 Å². The zero-order valence-corrected chi connectivity index (χ0v) is 17.2. The van der Waals surface area contributed by atoms with Crippen LogP contribution in [0.2, 0.25) is 5.02 Å². The molecule has 0 saturated carbocycles. The molecule has 156 valence electrons. The van der Waals surface area contributed by atoms with E-state index in [9.17, 15) is 19.1 Å². The van der Waals surface area contributed by atoms with Crippen molar-refractivity contribution in [3.8, 4) is 0 Å². The average Bonchev–Trinajstić information content (AvgIpc) is 2.72. The number of aromatic carboxylic acids is 1. The Hall–Kier alpha value is -2.90. The summed E-state index contributed by atoms with van der Waals surface area (Å²) in [5.74, 6) is -1.86. The summed E-state index contributed by atoms with van der Waals surface area (Å²) >= 11 is 5.96. The molecule has 1 saturated heterocycles. The number of carboxylic acids is 1. The fourth-order valence-corrected chi connectivity index (χ4v) is 3.88. The van der Waals surface area contributed by atoms with Gasteiger partial charge in [-0.3, -0.25) is 4.79 Å². The van der Waals surface area contributed by atoms with Crippen molar-refractivity contribution in [2.24, 2.45) is 0 Å². The molecule has 1 aromatic heterocycles. The van der Waals surface area contributed by atoms with Crippen molar-refractivity contribution in [1.29, 1.82) is 0 Å². The van der Waals surface area contributed by atoms with Gasteiger partial charge in [0.05, 0.1) is 11.2 Å². The number of rotatable bonds is 4. The molecule has 1 aliphatic rings. The molecule has 30 heavy (non-hydrogen) atoms. The molecule has 0 bridgehead atoms. The fourth-order valence-electron chi connectivity index (χ4n) is 3.76. The zero-order valence-electron chi connectivity index (χ0n) is 16.4.